The summed E-state index contributed by atoms with van der Waals surface area (Å²) in [5.41, 5.74) is 3.52. The molecule has 0 spiro atoms. The van der Waals surface area contributed by atoms with Gasteiger partial charge in [0.15, 0.2) is 0 Å². The molecule has 0 aliphatic heterocycles. The van der Waals surface area contributed by atoms with E-state index < -0.39 is 0 Å². The van der Waals surface area contributed by atoms with Crippen LogP contribution in [0, 0.1) is 6.92 Å². The highest BCUT2D eigenvalue weighted by Gasteiger charge is 2.04. The predicted molar refractivity (Wildman–Crippen MR) is 100 cm³/mol. The molecular formula is C20H23N3O2. The number of para-hydroxylation sites is 1. The minimum absolute atomic E-state index is 0.174. The van der Waals surface area contributed by atoms with Crippen LogP contribution in [0.3, 0.4) is 0 Å². The molecule has 0 atom stereocenters. The van der Waals surface area contributed by atoms with Gasteiger partial charge in [-0.3, -0.25) is 0 Å². The number of aryl methyl sites for hydroxylation is 1. The molecule has 2 aromatic carbocycles. The number of rotatable bonds is 7. The highest BCUT2D eigenvalue weighted by Crippen LogP contribution is 2.17. The average Bonchev–Trinajstić information content (AvgIpc) is 3.04. The number of hydrogen-bond donors (Lipinski definition) is 3. The van der Waals surface area contributed by atoms with Crippen molar-refractivity contribution < 1.29 is 9.53 Å². The summed E-state index contributed by atoms with van der Waals surface area (Å²) < 4.78 is 5.58. The van der Waals surface area contributed by atoms with Crippen molar-refractivity contribution in [3.63, 3.8) is 0 Å². The van der Waals surface area contributed by atoms with Crippen LogP contribution in [0.15, 0.2) is 54.7 Å². The van der Waals surface area contributed by atoms with Gasteiger partial charge in [-0.2, -0.15) is 0 Å². The fourth-order valence-electron chi connectivity index (χ4n) is 2.68. The van der Waals surface area contributed by atoms with Crippen LogP contribution in [0.5, 0.6) is 5.75 Å². The lowest BCUT2D eigenvalue weighted by molar-refractivity contribution is 0.236. The molecule has 1 heterocycles. The van der Waals surface area contributed by atoms with E-state index in [9.17, 15) is 4.79 Å². The number of aromatic nitrogens is 1. The van der Waals surface area contributed by atoms with Crippen molar-refractivity contribution in [2.75, 3.05) is 19.7 Å². The SMILES string of the molecule is Cc1ccc(OCCNC(=O)NCCc2c[nH]c3ccccc23)cc1. The molecule has 3 rings (SSSR count). The predicted octanol–water partition coefficient (Wildman–Crippen LogP) is 3.40. The number of H-pyrrole nitrogens is 1. The van der Waals surface area contributed by atoms with Crippen molar-refractivity contribution in [3.8, 4) is 5.75 Å². The van der Waals surface area contributed by atoms with E-state index in [0.717, 1.165) is 17.7 Å². The molecular weight excluding hydrogens is 314 g/mol. The second-order valence-corrected chi connectivity index (χ2v) is 5.95. The fraction of sp³-hybridized carbons (Fsp3) is 0.250. The summed E-state index contributed by atoms with van der Waals surface area (Å²) in [6.07, 6.45) is 2.79. The first-order chi connectivity index (χ1) is 12.2. The molecule has 0 saturated carbocycles. The van der Waals surface area contributed by atoms with E-state index in [1.54, 1.807) is 0 Å². The van der Waals surface area contributed by atoms with Gasteiger partial charge in [-0.25, -0.2) is 4.79 Å². The van der Waals surface area contributed by atoms with Crippen molar-refractivity contribution in [2.45, 2.75) is 13.3 Å². The van der Waals surface area contributed by atoms with E-state index in [-0.39, 0.29) is 6.03 Å². The van der Waals surface area contributed by atoms with Gasteiger partial charge in [-0.1, -0.05) is 35.9 Å². The first-order valence-electron chi connectivity index (χ1n) is 8.48. The number of aromatic amines is 1. The van der Waals surface area contributed by atoms with Crippen LogP contribution in [-0.2, 0) is 6.42 Å². The minimum Gasteiger partial charge on any atom is -0.492 e. The zero-order valence-corrected chi connectivity index (χ0v) is 14.3. The van der Waals surface area contributed by atoms with Gasteiger partial charge in [0, 0.05) is 23.6 Å². The number of carbonyl (C=O) groups is 1. The number of benzene rings is 2. The lowest BCUT2D eigenvalue weighted by Crippen LogP contribution is -2.38. The first kappa shape index (κ1) is 16.9. The number of amides is 2. The summed E-state index contributed by atoms with van der Waals surface area (Å²) >= 11 is 0. The third-order valence-electron chi connectivity index (χ3n) is 4.03. The average molecular weight is 337 g/mol. The Morgan fingerprint density at radius 3 is 2.64 bits per heavy atom. The summed E-state index contributed by atoms with van der Waals surface area (Å²) in [5, 5.41) is 6.88. The van der Waals surface area contributed by atoms with E-state index in [2.05, 4.69) is 21.7 Å². The second kappa shape index (κ2) is 8.24. The normalized spacial score (nSPS) is 10.6. The van der Waals surface area contributed by atoms with Crippen molar-refractivity contribution >= 4 is 16.9 Å². The monoisotopic (exact) mass is 337 g/mol. The molecule has 0 unspecified atom stereocenters. The summed E-state index contributed by atoms with van der Waals surface area (Å²) in [6, 6.07) is 15.8. The zero-order chi connectivity index (χ0) is 17.5. The van der Waals surface area contributed by atoms with Gasteiger partial charge in [-0.05, 0) is 37.1 Å². The van der Waals surface area contributed by atoms with Crippen molar-refractivity contribution in [3.05, 3.63) is 65.9 Å². The van der Waals surface area contributed by atoms with Gasteiger partial charge < -0.3 is 20.4 Å². The quantitative estimate of drug-likeness (QED) is 0.579. The molecule has 0 saturated heterocycles. The molecule has 3 N–H and O–H groups in total. The van der Waals surface area contributed by atoms with Crippen LogP contribution in [0.2, 0.25) is 0 Å². The molecule has 3 aromatic rings. The molecule has 2 amide bonds. The molecule has 0 radical (unpaired) electrons. The Labute approximate surface area is 147 Å². The Morgan fingerprint density at radius 1 is 1.04 bits per heavy atom. The van der Waals surface area contributed by atoms with E-state index in [1.807, 2.05) is 55.6 Å². The smallest absolute Gasteiger partial charge is 0.314 e. The number of ether oxygens (including phenoxy) is 1. The van der Waals surface area contributed by atoms with Gasteiger partial charge >= 0.3 is 6.03 Å². The van der Waals surface area contributed by atoms with Gasteiger partial charge in [-0.15, -0.1) is 0 Å². The molecule has 5 heteroatoms. The molecule has 130 valence electrons. The number of carbonyl (C=O) groups excluding carboxylic acids is 1. The highest BCUT2D eigenvalue weighted by molar-refractivity contribution is 5.83. The number of hydrogen-bond acceptors (Lipinski definition) is 2. The summed E-state index contributed by atoms with van der Waals surface area (Å²) in [5.74, 6) is 0.812. The number of nitrogens with one attached hydrogen (secondary N) is 3. The molecule has 0 aliphatic rings. The molecule has 0 bridgehead atoms. The maximum absolute atomic E-state index is 11.8. The Kier molecular flexibility index (Phi) is 5.57. The van der Waals surface area contributed by atoms with Gasteiger partial charge in [0.1, 0.15) is 12.4 Å². The summed E-state index contributed by atoms with van der Waals surface area (Å²) in [4.78, 5) is 15.0. The van der Waals surface area contributed by atoms with Crippen molar-refractivity contribution in [1.29, 1.82) is 0 Å². The standard InChI is InChI=1S/C20H23N3O2/c1-15-6-8-17(9-7-15)25-13-12-22-20(24)21-11-10-16-14-23-19-5-3-2-4-18(16)19/h2-9,14,23H,10-13H2,1H3,(H2,21,22,24). The van der Waals surface area contributed by atoms with E-state index in [0.29, 0.717) is 19.7 Å². The summed E-state index contributed by atoms with van der Waals surface area (Å²) in [6.45, 7) is 3.53. The van der Waals surface area contributed by atoms with Crippen LogP contribution in [0.1, 0.15) is 11.1 Å². The lowest BCUT2D eigenvalue weighted by Gasteiger charge is -2.09. The highest BCUT2D eigenvalue weighted by atomic mass is 16.5. The van der Waals surface area contributed by atoms with Crippen molar-refractivity contribution in [1.82, 2.24) is 15.6 Å². The van der Waals surface area contributed by atoms with Crippen LogP contribution in [0.25, 0.3) is 10.9 Å². The van der Waals surface area contributed by atoms with Crippen LogP contribution in [-0.4, -0.2) is 30.7 Å². The van der Waals surface area contributed by atoms with Crippen molar-refractivity contribution in [2.24, 2.45) is 0 Å². The Balaban J connectivity index is 1.33. The number of urea groups is 1. The largest absolute Gasteiger partial charge is 0.492 e. The molecule has 1 aromatic heterocycles. The fourth-order valence-corrected chi connectivity index (χ4v) is 2.68. The molecule has 25 heavy (non-hydrogen) atoms. The van der Waals surface area contributed by atoms with Gasteiger partial charge in [0.2, 0.25) is 0 Å². The third-order valence-corrected chi connectivity index (χ3v) is 4.03. The maximum Gasteiger partial charge on any atom is 0.314 e. The van der Waals surface area contributed by atoms with Gasteiger partial charge in [0.05, 0.1) is 6.54 Å². The minimum atomic E-state index is -0.174. The molecule has 0 aliphatic carbocycles. The lowest BCUT2D eigenvalue weighted by atomic mass is 10.1. The van der Waals surface area contributed by atoms with Gasteiger partial charge in [0.25, 0.3) is 0 Å². The third kappa shape index (κ3) is 4.76. The summed E-state index contributed by atoms with van der Waals surface area (Å²) in [7, 11) is 0. The first-order valence-corrected chi connectivity index (χ1v) is 8.48. The maximum atomic E-state index is 11.8. The molecule has 5 nitrogen and oxygen atoms in total. The van der Waals surface area contributed by atoms with E-state index in [4.69, 9.17) is 4.74 Å². The van der Waals surface area contributed by atoms with Crippen LogP contribution in [0.4, 0.5) is 4.79 Å². The Morgan fingerprint density at radius 2 is 1.80 bits per heavy atom. The van der Waals surface area contributed by atoms with Crippen LogP contribution >= 0.6 is 0 Å². The van der Waals surface area contributed by atoms with E-state index in [1.165, 1.54) is 16.5 Å². The zero-order valence-electron chi connectivity index (χ0n) is 14.3. The molecule has 0 fully saturated rings. The topological polar surface area (TPSA) is 66.2 Å². The second-order valence-electron chi connectivity index (χ2n) is 5.95. The van der Waals surface area contributed by atoms with E-state index >= 15 is 0 Å². The Hall–Kier alpha value is -2.95. The Bertz CT molecular complexity index is 824. The number of fused-ring (bicyclic) bond motifs is 1. The van der Waals surface area contributed by atoms with Crippen LogP contribution < -0.4 is 15.4 Å².